The highest BCUT2D eigenvalue weighted by Gasteiger charge is 2.36. The predicted molar refractivity (Wildman–Crippen MR) is 139 cm³/mol. The van der Waals surface area contributed by atoms with Crippen molar-refractivity contribution in [1.82, 2.24) is 5.32 Å². The van der Waals surface area contributed by atoms with E-state index in [2.05, 4.69) is 5.32 Å². The van der Waals surface area contributed by atoms with E-state index in [9.17, 15) is 29.4 Å². The molecule has 0 aliphatic carbocycles. The molecule has 0 bridgehead atoms. The first-order valence-electron chi connectivity index (χ1n) is 12.8. The fourth-order valence-electron chi connectivity index (χ4n) is 4.15. The summed E-state index contributed by atoms with van der Waals surface area (Å²) in [4.78, 5) is 51.0. The Morgan fingerprint density at radius 3 is 2.42 bits per heavy atom. The molecule has 2 amide bonds. The zero-order chi connectivity index (χ0) is 28.6. The average molecular weight is 537 g/mol. The molecule has 1 aliphatic heterocycles. The minimum absolute atomic E-state index is 0.0141. The van der Waals surface area contributed by atoms with Crippen molar-refractivity contribution in [2.24, 2.45) is 11.8 Å². The number of rotatable bonds is 11. The Labute approximate surface area is 223 Å². The number of ether oxygens (including phenoxy) is 3. The maximum atomic E-state index is 13.4. The second-order valence-electron chi connectivity index (χ2n) is 10.7. The molecule has 1 heterocycles. The highest BCUT2D eigenvalue weighted by Crippen LogP contribution is 2.34. The van der Waals surface area contributed by atoms with Gasteiger partial charge in [-0.2, -0.15) is 0 Å². The molecule has 38 heavy (non-hydrogen) atoms. The molecular formula is C27H40N2O9. The van der Waals surface area contributed by atoms with Gasteiger partial charge in [0.2, 0.25) is 12.0 Å². The summed E-state index contributed by atoms with van der Waals surface area (Å²) in [5.74, 6) is -2.68. The summed E-state index contributed by atoms with van der Waals surface area (Å²) in [5, 5.41) is 22.7. The van der Waals surface area contributed by atoms with E-state index in [0.29, 0.717) is 11.4 Å². The number of fused-ring (bicyclic) bond motifs is 1. The third-order valence-corrected chi connectivity index (χ3v) is 5.99. The zero-order valence-corrected chi connectivity index (χ0v) is 22.9. The summed E-state index contributed by atoms with van der Waals surface area (Å²) >= 11 is 0. The summed E-state index contributed by atoms with van der Waals surface area (Å²) in [5.41, 5.74) is -0.238. The van der Waals surface area contributed by atoms with Crippen LogP contribution < -0.4 is 15.0 Å². The second-order valence-corrected chi connectivity index (χ2v) is 10.7. The number of anilines is 1. The van der Waals surface area contributed by atoms with Crippen molar-refractivity contribution in [3.05, 3.63) is 24.3 Å². The molecular weight excluding hydrogens is 496 g/mol. The van der Waals surface area contributed by atoms with Gasteiger partial charge in [0.15, 0.2) is 0 Å². The van der Waals surface area contributed by atoms with E-state index in [1.165, 1.54) is 11.8 Å². The minimum atomic E-state index is -1.18. The molecule has 1 aromatic carbocycles. The molecule has 3 N–H and O–H groups in total. The van der Waals surface area contributed by atoms with Crippen LogP contribution in [0.2, 0.25) is 0 Å². The van der Waals surface area contributed by atoms with Crippen LogP contribution in [0.15, 0.2) is 24.3 Å². The van der Waals surface area contributed by atoms with Crippen LogP contribution in [0.25, 0.3) is 0 Å². The smallest absolute Gasteiger partial charge is 0.407 e. The summed E-state index contributed by atoms with van der Waals surface area (Å²) in [7, 11) is 0. The fourth-order valence-corrected chi connectivity index (χ4v) is 4.15. The van der Waals surface area contributed by atoms with E-state index >= 15 is 0 Å². The van der Waals surface area contributed by atoms with Gasteiger partial charge in [-0.1, -0.05) is 26.0 Å². The number of esters is 1. The van der Waals surface area contributed by atoms with E-state index < -0.39 is 47.8 Å². The van der Waals surface area contributed by atoms with E-state index in [1.807, 2.05) is 0 Å². The molecule has 0 unspecified atom stereocenters. The lowest BCUT2D eigenvalue weighted by Crippen LogP contribution is -2.49. The monoisotopic (exact) mass is 536 g/mol. The molecule has 0 spiro atoms. The number of para-hydroxylation sites is 2. The van der Waals surface area contributed by atoms with Crippen molar-refractivity contribution < 1.29 is 43.6 Å². The number of benzene rings is 1. The standard InChI is InChI=1S/C27H40N2O9/c1-7-36-25(34)22-15-29(19-10-8-9-11-21(19)37-22)23(31)13-16(2)12-18(20(30)14-17(3)24(32)33)28-26(35)38-27(4,5)6/h8-11,16-18,20,22,30H,7,12-15H2,1-6H3,(H,28,35)(H,32,33)/t16-,17-,18+,20+,22-/m1/s1. The highest BCUT2D eigenvalue weighted by atomic mass is 16.6. The van der Waals surface area contributed by atoms with Gasteiger partial charge in [0.25, 0.3) is 0 Å². The average Bonchev–Trinajstić information content (AvgIpc) is 2.81. The predicted octanol–water partition coefficient (Wildman–Crippen LogP) is 3.12. The number of alkyl carbamates (subject to hydrolysis) is 1. The van der Waals surface area contributed by atoms with Gasteiger partial charge < -0.3 is 34.6 Å². The lowest BCUT2D eigenvalue weighted by Gasteiger charge is -2.34. The number of hydrogen-bond acceptors (Lipinski definition) is 8. The Morgan fingerprint density at radius 2 is 1.82 bits per heavy atom. The number of hydrogen-bond donors (Lipinski definition) is 3. The van der Waals surface area contributed by atoms with Gasteiger partial charge in [0.1, 0.15) is 11.4 Å². The first kappa shape index (κ1) is 30.9. The summed E-state index contributed by atoms with van der Waals surface area (Å²) < 4.78 is 16.1. The van der Waals surface area contributed by atoms with E-state index in [-0.39, 0.29) is 44.2 Å². The number of nitrogens with zero attached hydrogens (tertiary/aromatic N) is 1. The van der Waals surface area contributed by atoms with E-state index in [4.69, 9.17) is 14.2 Å². The second kappa shape index (κ2) is 13.5. The molecule has 0 aromatic heterocycles. The molecule has 0 radical (unpaired) electrons. The molecule has 1 aromatic rings. The van der Waals surface area contributed by atoms with Crippen LogP contribution in [-0.4, -0.2) is 71.2 Å². The number of aliphatic carboxylic acids is 1. The van der Waals surface area contributed by atoms with Crippen LogP contribution in [0.1, 0.15) is 60.8 Å². The minimum Gasteiger partial charge on any atom is -0.481 e. The topological polar surface area (TPSA) is 152 Å². The van der Waals surface area contributed by atoms with Crippen molar-refractivity contribution in [3.8, 4) is 5.75 Å². The maximum Gasteiger partial charge on any atom is 0.407 e. The Morgan fingerprint density at radius 1 is 1.16 bits per heavy atom. The molecule has 11 nitrogen and oxygen atoms in total. The number of carboxylic acids is 1. The zero-order valence-electron chi connectivity index (χ0n) is 22.9. The Bertz CT molecular complexity index is 991. The lowest BCUT2D eigenvalue weighted by molar-refractivity contribution is -0.151. The molecule has 2 rings (SSSR count). The first-order valence-corrected chi connectivity index (χ1v) is 12.8. The number of amides is 2. The molecule has 0 saturated carbocycles. The number of nitrogens with one attached hydrogen (secondary N) is 1. The highest BCUT2D eigenvalue weighted by molar-refractivity contribution is 5.96. The summed E-state index contributed by atoms with van der Waals surface area (Å²) in [6.45, 7) is 10.2. The van der Waals surface area contributed by atoms with Gasteiger partial charge in [0, 0.05) is 6.42 Å². The SMILES string of the molecule is CCOC(=O)[C@H]1CN(C(=O)C[C@H](C)C[C@H](NC(=O)OC(C)(C)C)[C@@H](O)C[C@@H](C)C(=O)O)c2ccccc2O1. The van der Waals surface area contributed by atoms with Gasteiger partial charge in [0.05, 0.1) is 36.9 Å². The van der Waals surface area contributed by atoms with Crippen LogP contribution in [-0.2, 0) is 23.9 Å². The third kappa shape index (κ3) is 9.20. The van der Waals surface area contributed by atoms with Gasteiger partial charge in [-0.15, -0.1) is 0 Å². The number of aliphatic hydroxyl groups excluding tert-OH is 1. The van der Waals surface area contributed by atoms with Gasteiger partial charge in [-0.05, 0) is 58.6 Å². The normalized spacial score (nSPS) is 18.2. The number of carboxylic acid groups (broad SMARTS) is 1. The number of aliphatic hydroxyl groups is 1. The largest absolute Gasteiger partial charge is 0.481 e. The van der Waals surface area contributed by atoms with Crippen molar-refractivity contribution in [2.75, 3.05) is 18.1 Å². The van der Waals surface area contributed by atoms with Crippen molar-refractivity contribution in [1.29, 1.82) is 0 Å². The Balaban J connectivity index is 2.16. The quantitative estimate of drug-likeness (QED) is 0.362. The fraction of sp³-hybridized carbons (Fsp3) is 0.630. The first-order chi connectivity index (χ1) is 17.7. The molecule has 0 fully saturated rings. The van der Waals surface area contributed by atoms with Gasteiger partial charge >= 0.3 is 18.0 Å². The van der Waals surface area contributed by atoms with Gasteiger partial charge in [-0.3, -0.25) is 9.59 Å². The molecule has 5 atom stereocenters. The van der Waals surface area contributed by atoms with Crippen LogP contribution >= 0.6 is 0 Å². The van der Waals surface area contributed by atoms with Crippen molar-refractivity contribution in [3.63, 3.8) is 0 Å². The van der Waals surface area contributed by atoms with Gasteiger partial charge in [-0.25, -0.2) is 9.59 Å². The number of carbonyl (C=O) groups excluding carboxylic acids is 3. The van der Waals surface area contributed by atoms with Crippen molar-refractivity contribution >= 4 is 29.6 Å². The van der Waals surface area contributed by atoms with E-state index in [1.54, 1.807) is 58.9 Å². The Hall–Kier alpha value is -3.34. The van der Waals surface area contributed by atoms with Crippen LogP contribution in [0.4, 0.5) is 10.5 Å². The number of carbonyl (C=O) groups is 4. The molecule has 11 heteroatoms. The van der Waals surface area contributed by atoms with Crippen LogP contribution in [0.5, 0.6) is 5.75 Å². The Kier molecular flexibility index (Phi) is 10.9. The molecule has 1 aliphatic rings. The van der Waals surface area contributed by atoms with Crippen LogP contribution in [0, 0.1) is 11.8 Å². The third-order valence-electron chi connectivity index (χ3n) is 5.99. The van der Waals surface area contributed by atoms with E-state index in [0.717, 1.165) is 0 Å². The van der Waals surface area contributed by atoms with Crippen LogP contribution in [0.3, 0.4) is 0 Å². The summed E-state index contributed by atoms with van der Waals surface area (Å²) in [6, 6.07) is 6.05. The lowest BCUT2D eigenvalue weighted by atomic mass is 9.90. The van der Waals surface area contributed by atoms with Crippen molar-refractivity contribution in [2.45, 2.75) is 84.7 Å². The maximum absolute atomic E-state index is 13.4. The summed E-state index contributed by atoms with van der Waals surface area (Å²) in [6.07, 6.45) is -2.76. The molecule has 212 valence electrons. The molecule has 0 saturated heterocycles.